The highest BCUT2D eigenvalue weighted by Gasteiger charge is 2.28. The first-order valence-corrected chi connectivity index (χ1v) is 11.4. The van der Waals surface area contributed by atoms with E-state index in [0.717, 1.165) is 49.5 Å². The number of piperidine rings is 1. The lowest BCUT2D eigenvalue weighted by Crippen LogP contribution is -2.35. The van der Waals surface area contributed by atoms with Gasteiger partial charge in [0.1, 0.15) is 5.75 Å². The molecule has 1 amide bonds. The maximum atomic E-state index is 13.2. The van der Waals surface area contributed by atoms with E-state index in [2.05, 4.69) is 27.2 Å². The van der Waals surface area contributed by atoms with Gasteiger partial charge < -0.3 is 9.64 Å². The minimum Gasteiger partial charge on any atom is -0.494 e. The largest absolute Gasteiger partial charge is 0.494 e. The third-order valence-electron chi connectivity index (χ3n) is 6.06. The SMILES string of the molecule is CCOc1ccc(CN2CCC[C@H](c3[nH]ncc3C(=O)N(C)Cc3ccccc3)C2)cc1. The van der Waals surface area contributed by atoms with Crippen molar-refractivity contribution in [1.29, 1.82) is 0 Å². The minimum atomic E-state index is 0.0150. The zero-order valence-corrected chi connectivity index (χ0v) is 19.0. The molecule has 0 spiro atoms. The van der Waals surface area contributed by atoms with Crippen molar-refractivity contribution in [2.24, 2.45) is 0 Å². The molecule has 6 heteroatoms. The van der Waals surface area contributed by atoms with Crippen LogP contribution in [0.2, 0.25) is 0 Å². The van der Waals surface area contributed by atoms with E-state index in [9.17, 15) is 4.79 Å². The fourth-order valence-corrected chi connectivity index (χ4v) is 4.46. The Balaban J connectivity index is 1.40. The Hall–Kier alpha value is -3.12. The molecular formula is C26H32N4O2. The van der Waals surface area contributed by atoms with Crippen molar-refractivity contribution in [3.8, 4) is 5.75 Å². The van der Waals surface area contributed by atoms with Crippen molar-refractivity contribution in [1.82, 2.24) is 20.0 Å². The third-order valence-corrected chi connectivity index (χ3v) is 6.06. The molecular weight excluding hydrogens is 400 g/mol. The van der Waals surface area contributed by atoms with E-state index in [0.29, 0.717) is 18.7 Å². The number of carbonyl (C=O) groups excluding carboxylic acids is 1. The molecule has 2 heterocycles. The van der Waals surface area contributed by atoms with Crippen LogP contribution in [-0.4, -0.2) is 52.6 Å². The molecule has 0 radical (unpaired) electrons. The maximum absolute atomic E-state index is 13.2. The van der Waals surface area contributed by atoms with Gasteiger partial charge in [-0.1, -0.05) is 42.5 Å². The highest BCUT2D eigenvalue weighted by atomic mass is 16.5. The van der Waals surface area contributed by atoms with Crippen molar-refractivity contribution >= 4 is 5.91 Å². The fourth-order valence-electron chi connectivity index (χ4n) is 4.46. The Morgan fingerprint density at radius 2 is 1.94 bits per heavy atom. The van der Waals surface area contributed by atoms with E-state index in [1.807, 2.05) is 56.4 Å². The lowest BCUT2D eigenvalue weighted by atomic mass is 9.92. The molecule has 2 aromatic carbocycles. The standard InChI is InChI=1S/C26H32N4O2/c1-3-32-23-13-11-21(12-14-23)18-30-15-7-10-22(19-30)25-24(16-27-28-25)26(31)29(2)17-20-8-5-4-6-9-20/h4-6,8-9,11-14,16,22H,3,7,10,15,17-19H2,1-2H3,(H,27,28)/t22-/m0/s1. The van der Waals surface area contributed by atoms with Crippen molar-refractivity contribution < 1.29 is 9.53 Å². The Bertz CT molecular complexity index is 1000. The Morgan fingerprint density at radius 1 is 1.16 bits per heavy atom. The van der Waals surface area contributed by atoms with Gasteiger partial charge >= 0.3 is 0 Å². The van der Waals surface area contributed by atoms with Gasteiger partial charge in [0, 0.05) is 32.6 Å². The van der Waals surface area contributed by atoms with E-state index < -0.39 is 0 Å². The summed E-state index contributed by atoms with van der Waals surface area (Å²) >= 11 is 0. The smallest absolute Gasteiger partial charge is 0.257 e. The first kappa shape index (κ1) is 22.1. The minimum absolute atomic E-state index is 0.0150. The molecule has 32 heavy (non-hydrogen) atoms. The van der Waals surface area contributed by atoms with E-state index in [1.165, 1.54) is 5.56 Å². The molecule has 1 N–H and O–H groups in total. The molecule has 168 valence electrons. The normalized spacial score (nSPS) is 16.6. The van der Waals surface area contributed by atoms with Crippen molar-refractivity contribution in [2.75, 3.05) is 26.7 Å². The molecule has 0 unspecified atom stereocenters. The number of aromatic amines is 1. The van der Waals surface area contributed by atoms with Crippen molar-refractivity contribution in [3.63, 3.8) is 0 Å². The predicted molar refractivity (Wildman–Crippen MR) is 126 cm³/mol. The summed E-state index contributed by atoms with van der Waals surface area (Å²) < 4.78 is 5.55. The molecule has 4 rings (SSSR count). The number of hydrogen-bond acceptors (Lipinski definition) is 4. The van der Waals surface area contributed by atoms with Crippen LogP contribution in [-0.2, 0) is 13.1 Å². The van der Waals surface area contributed by atoms with E-state index in [4.69, 9.17) is 4.74 Å². The molecule has 1 atom stereocenters. The second-order valence-electron chi connectivity index (χ2n) is 8.50. The molecule has 1 fully saturated rings. The summed E-state index contributed by atoms with van der Waals surface area (Å²) in [6.45, 7) is 6.13. The molecule has 0 aliphatic carbocycles. The lowest BCUT2D eigenvalue weighted by Gasteiger charge is -2.32. The number of ether oxygens (including phenoxy) is 1. The quantitative estimate of drug-likeness (QED) is 0.571. The monoisotopic (exact) mass is 432 g/mol. The first-order valence-electron chi connectivity index (χ1n) is 11.4. The number of hydrogen-bond donors (Lipinski definition) is 1. The number of nitrogens with zero attached hydrogens (tertiary/aromatic N) is 3. The summed E-state index contributed by atoms with van der Waals surface area (Å²) in [5.74, 6) is 1.20. The summed E-state index contributed by atoms with van der Waals surface area (Å²) in [4.78, 5) is 17.4. The lowest BCUT2D eigenvalue weighted by molar-refractivity contribution is 0.0782. The highest BCUT2D eigenvalue weighted by molar-refractivity contribution is 5.95. The van der Waals surface area contributed by atoms with Crippen LogP contribution in [0.5, 0.6) is 5.75 Å². The number of likely N-dealkylation sites (tertiary alicyclic amines) is 1. The molecule has 1 aliphatic rings. The van der Waals surface area contributed by atoms with Crippen LogP contribution in [0.15, 0.2) is 60.8 Å². The molecule has 1 aliphatic heterocycles. The average molecular weight is 433 g/mol. The predicted octanol–water partition coefficient (Wildman–Crippen LogP) is 4.46. The van der Waals surface area contributed by atoms with Crippen LogP contribution in [0.1, 0.15) is 52.9 Å². The van der Waals surface area contributed by atoms with Gasteiger partial charge in [0.05, 0.1) is 24.1 Å². The van der Waals surface area contributed by atoms with Gasteiger partial charge in [-0.25, -0.2) is 0 Å². The molecule has 1 aromatic heterocycles. The molecule has 0 saturated carbocycles. The summed E-state index contributed by atoms with van der Waals surface area (Å²) in [7, 11) is 1.85. The van der Waals surface area contributed by atoms with Gasteiger partial charge in [-0.05, 0) is 49.6 Å². The van der Waals surface area contributed by atoms with Gasteiger partial charge in [0.15, 0.2) is 0 Å². The van der Waals surface area contributed by atoms with Crippen LogP contribution in [0, 0.1) is 0 Å². The van der Waals surface area contributed by atoms with Gasteiger partial charge in [-0.15, -0.1) is 0 Å². The van der Waals surface area contributed by atoms with E-state index in [1.54, 1.807) is 11.1 Å². The zero-order chi connectivity index (χ0) is 22.3. The van der Waals surface area contributed by atoms with Gasteiger partial charge in [0.25, 0.3) is 5.91 Å². The third kappa shape index (κ3) is 5.37. The van der Waals surface area contributed by atoms with E-state index in [-0.39, 0.29) is 11.8 Å². The second-order valence-corrected chi connectivity index (χ2v) is 8.50. The van der Waals surface area contributed by atoms with Crippen molar-refractivity contribution in [3.05, 3.63) is 83.2 Å². The van der Waals surface area contributed by atoms with Crippen LogP contribution in [0.25, 0.3) is 0 Å². The van der Waals surface area contributed by atoms with Gasteiger partial charge in [0.2, 0.25) is 0 Å². The number of nitrogens with one attached hydrogen (secondary N) is 1. The number of benzene rings is 2. The Labute approximate surface area is 190 Å². The molecule has 3 aromatic rings. The summed E-state index contributed by atoms with van der Waals surface area (Å²) in [5.41, 5.74) is 4.05. The number of amides is 1. The molecule has 1 saturated heterocycles. The summed E-state index contributed by atoms with van der Waals surface area (Å²) in [5, 5.41) is 7.38. The average Bonchev–Trinajstić information content (AvgIpc) is 3.31. The van der Waals surface area contributed by atoms with Gasteiger partial charge in [-0.2, -0.15) is 5.10 Å². The molecule has 6 nitrogen and oxygen atoms in total. The second kappa shape index (κ2) is 10.5. The number of H-pyrrole nitrogens is 1. The van der Waals surface area contributed by atoms with Crippen molar-refractivity contribution in [2.45, 2.75) is 38.8 Å². The maximum Gasteiger partial charge on any atom is 0.257 e. The zero-order valence-electron chi connectivity index (χ0n) is 19.0. The van der Waals surface area contributed by atoms with E-state index >= 15 is 0 Å². The fraction of sp³-hybridized carbons (Fsp3) is 0.385. The summed E-state index contributed by atoms with van der Waals surface area (Å²) in [6, 6.07) is 18.4. The number of aromatic nitrogens is 2. The Morgan fingerprint density at radius 3 is 2.69 bits per heavy atom. The topological polar surface area (TPSA) is 61.5 Å². The van der Waals surface area contributed by atoms with Crippen LogP contribution < -0.4 is 4.74 Å². The highest BCUT2D eigenvalue weighted by Crippen LogP contribution is 2.29. The number of rotatable bonds is 8. The summed E-state index contributed by atoms with van der Waals surface area (Å²) in [6.07, 6.45) is 3.85. The molecule has 0 bridgehead atoms. The van der Waals surface area contributed by atoms with Crippen LogP contribution in [0.3, 0.4) is 0 Å². The van der Waals surface area contributed by atoms with Crippen LogP contribution in [0.4, 0.5) is 0 Å². The van der Waals surface area contributed by atoms with Gasteiger partial charge in [-0.3, -0.25) is 14.8 Å². The number of carbonyl (C=O) groups is 1. The Kier molecular flexibility index (Phi) is 7.22. The van der Waals surface area contributed by atoms with Crippen LogP contribution >= 0.6 is 0 Å². The first-order chi connectivity index (χ1) is 15.6.